The number of hydrogen-bond acceptors (Lipinski definition) is 2. The van der Waals surface area contributed by atoms with E-state index in [-0.39, 0.29) is 24.2 Å². The van der Waals surface area contributed by atoms with Crippen LogP contribution in [-0.2, 0) is 9.59 Å². The van der Waals surface area contributed by atoms with E-state index in [9.17, 15) is 14.0 Å². The van der Waals surface area contributed by atoms with Crippen LogP contribution < -0.4 is 5.32 Å². The molecule has 18 heavy (non-hydrogen) atoms. The molecule has 0 bridgehead atoms. The van der Waals surface area contributed by atoms with Crippen LogP contribution in [0.4, 0.5) is 10.1 Å². The molecule has 1 aromatic carbocycles. The Balaban J connectivity index is 2.51. The van der Waals surface area contributed by atoms with Crippen molar-refractivity contribution in [1.82, 2.24) is 4.90 Å². The maximum absolute atomic E-state index is 12.7. The van der Waals surface area contributed by atoms with Crippen LogP contribution >= 0.6 is 0 Å². The van der Waals surface area contributed by atoms with Crippen LogP contribution in [0.15, 0.2) is 36.4 Å². The van der Waals surface area contributed by atoms with E-state index in [1.807, 2.05) is 0 Å². The summed E-state index contributed by atoms with van der Waals surface area (Å²) in [5, 5.41) is 2.57. The SMILES string of the molecule is C/C=C/C(=O)N(C)CC(=O)Nc1ccc(F)cc1. The Morgan fingerprint density at radius 3 is 2.50 bits per heavy atom. The maximum Gasteiger partial charge on any atom is 0.246 e. The first-order chi connectivity index (χ1) is 8.52. The van der Waals surface area contributed by atoms with Gasteiger partial charge in [0.25, 0.3) is 0 Å². The molecule has 0 saturated heterocycles. The molecule has 0 heterocycles. The quantitative estimate of drug-likeness (QED) is 0.828. The fourth-order valence-corrected chi connectivity index (χ4v) is 1.30. The third-order valence-electron chi connectivity index (χ3n) is 2.19. The molecule has 0 spiro atoms. The summed E-state index contributed by atoms with van der Waals surface area (Å²) < 4.78 is 12.7. The van der Waals surface area contributed by atoms with E-state index in [2.05, 4.69) is 5.32 Å². The Labute approximate surface area is 105 Å². The molecule has 1 N–H and O–H groups in total. The van der Waals surface area contributed by atoms with E-state index < -0.39 is 0 Å². The Morgan fingerprint density at radius 2 is 1.94 bits per heavy atom. The first-order valence-electron chi connectivity index (χ1n) is 5.46. The molecule has 0 atom stereocenters. The van der Waals surface area contributed by atoms with Gasteiger partial charge in [-0.25, -0.2) is 4.39 Å². The van der Waals surface area contributed by atoms with Crippen molar-refractivity contribution in [3.8, 4) is 0 Å². The van der Waals surface area contributed by atoms with Gasteiger partial charge in [-0.05, 0) is 37.3 Å². The van der Waals surface area contributed by atoms with Gasteiger partial charge in [-0.3, -0.25) is 9.59 Å². The zero-order valence-electron chi connectivity index (χ0n) is 10.3. The molecule has 0 aliphatic heterocycles. The average Bonchev–Trinajstić information content (AvgIpc) is 2.32. The summed E-state index contributed by atoms with van der Waals surface area (Å²) >= 11 is 0. The van der Waals surface area contributed by atoms with Crippen molar-refractivity contribution in [2.75, 3.05) is 18.9 Å². The molecule has 0 aliphatic rings. The number of anilines is 1. The molecule has 4 nitrogen and oxygen atoms in total. The number of nitrogens with zero attached hydrogens (tertiary/aromatic N) is 1. The number of amides is 2. The Kier molecular flexibility index (Phi) is 5.05. The van der Waals surface area contributed by atoms with E-state index in [0.29, 0.717) is 5.69 Å². The van der Waals surface area contributed by atoms with Gasteiger partial charge in [0, 0.05) is 12.7 Å². The van der Waals surface area contributed by atoms with E-state index in [4.69, 9.17) is 0 Å². The molecule has 0 unspecified atom stereocenters. The van der Waals surface area contributed by atoms with Crippen LogP contribution in [0.1, 0.15) is 6.92 Å². The summed E-state index contributed by atoms with van der Waals surface area (Å²) in [6.07, 6.45) is 2.99. The van der Waals surface area contributed by atoms with Crippen molar-refractivity contribution in [3.63, 3.8) is 0 Å². The zero-order valence-corrected chi connectivity index (χ0v) is 10.3. The average molecular weight is 250 g/mol. The molecule has 2 amide bonds. The van der Waals surface area contributed by atoms with E-state index in [1.54, 1.807) is 13.0 Å². The lowest BCUT2D eigenvalue weighted by atomic mass is 10.3. The molecule has 0 fully saturated rings. The van der Waals surface area contributed by atoms with Crippen molar-refractivity contribution < 1.29 is 14.0 Å². The van der Waals surface area contributed by atoms with Crippen LogP contribution in [-0.4, -0.2) is 30.3 Å². The topological polar surface area (TPSA) is 49.4 Å². The van der Waals surface area contributed by atoms with Gasteiger partial charge in [-0.2, -0.15) is 0 Å². The van der Waals surface area contributed by atoms with Crippen molar-refractivity contribution >= 4 is 17.5 Å². The predicted molar refractivity (Wildman–Crippen MR) is 67.5 cm³/mol. The fraction of sp³-hybridized carbons (Fsp3) is 0.231. The minimum absolute atomic E-state index is 0.0550. The lowest BCUT2D eigenvalue weighted by Crippen LogP contribution is -2.33. The number of carbonyl (C=O) groups excluding carboxylic acids is 2. The van der Waals surface area contributed by atoms with Gasteiger partial charge >= 0.3 is 0 Å². The standard InChI is InChI=1S/C13H15FN2O2/c1-3-4-13(18)16(2)9-12(17)15-11-7-5-10(14)6-8-11/h3-8H,9H2,1-2H3,(H,15,17)/b4-3+. The smallest absolute Gasteiger partial charge is 0.246 e. The molecule has 0 saturated carbocycles. The number of rotatable bonds is 4. The van der Waals surface area contributed by atoms with Crippen molar-refractivity contribution in [2.45, 2.75) is 6.92 Å². The van der Waals surface area contributed by atoms with Crippen LogP contribution in [0.3, 0.4) is 0 Å². The number of carbonyl (C=O) groups is 2. The Morgan fingerprint density at radius 1 is 1.33 bits per heavy atom. The number of halogens is 1. The second kappa shape index (κ2) is 6.54. The molecule has 5 heteroatoms. The van der Waals surface area contributed by atoms with Crippen LogP contribution in [0.5, 0.6) is 0 Å². The molecule has 0 aromatic heterocycles. The largest absolute Gasteiger partial charge is 0.333 e. The second-order valence-corrected chi connectivity index (χ2v) is 3.75. The summed E-state index contributed by atoms with van der Waals surface area (Å²) in [5.74, 6) is -0.943. The van der Waals surface area contributed by atoms with E-state index in [1.165, 1.54) is 42.3 Å². The van der Waals surface area contributed by atoms with Gasteiger partial charge in [0.15, 0.2) is 0 Å². The number of hydrogen-bond donors (Lipinski definition) is 1. The number of likely N-dealkylation sites (N-methyl/N-ethyl adjacent to an activating group) is 1. The highest BCUT2D eigenvalue weighted by Crippen LogP contribution is 2.07. The Bertz CT molecular complexity index is 455. The number of allylic oxidation sites excluding steroid dienone is 1. The van der Waals surface area contributed by atoms with Gasteiger partial charge in [-0.1, -0.05) is 6.08 Å². The summed E-state index contributed by atoms with van der Waals surface area (Å²) in [5.41, 5.74) is 0.494. The number of benzene rings is 1. The first kappa shape index (κ1) is 13.9. The minimum Gasteiger partial charge on any atom is -0.333 e. The minimum atomic E-state index is -0.367. The maximum atomic E-state index is 12.7. The van der Waals surface area contributed by atoms with E-state index >= 15 is 0 Å². The highest BCUT2D eigenvalue weighted by molar-refractivity contribution is 5.96. The normalized spacial score (nSPS) is 10.4. The van der Waals surface area contributed by atoms with Crippen molar-refractivity contribution in [3.05, 3.63) is 42.2 Å². The summed E-state index contributed by atoms with van der Waals surface area (Å²) in [6.45, 7) is 1.67. The van der Waals surface area contributed by atoms with E-state index in [0.717, 1.165) is 0 Å². The monoisotopic (exact) mass is 250 g/mol. The Hall–Kier alpha value is -2.17. The fourth-order valence-electron chi connectivity index (χ4n) is 1.30. The lowest BCUT2D eigenvalue weighted by molar-refractivity contribution is -0.129. The predicted octanol–water partition coefficient (Wildman–Crippen LogP) is 1.80. The molecular formula is C13H15FN2O2. The van der Waals surface area contributed by atoms with Crippen molar-refractivity contribution in [2.24, 2.45) is 0 Å². The van der Waals surface area contributed by atoms with Gasteiger partial charge in [-0.15, -0.1) is 0 Å². The summed E-state index contributed by atoms with van der Waals surface area (Å²) in [4.78, 5) is 24.3. The third kappa shape index (κ3) is 4.37. The molecule has 1 aromatic rings. The zero-order chi connectivity index (χ0) is 13.5. The summed E-state index contributed by atoms with van der Waals surface area (Å²) in [6, 6.07) is 5.43. The van der Waals surface area contributed by atoms with Crippen LogP contribution in [0.2, 0.25) is 0 Å². The molecule has 96 valence electrons. The molecular weight excluding hydrogens is 235 g/mol. The molecule has 0 radical (unpaired) electrons. The lowest BCUT2D eigenvalue weighted by Gasteiger charge is -2.14. The van der Waals surface area contributed by atoms with Crippen LogP contribution in [0.25, 0.3) is 0 Å². The van der Waals surface area contributed by atoms with Crippen molar-refractivity contribution in [1.29, 1.82) is 0 Å². The van der Waals surface area contributed by atoms with Gasteiger partial charge in [0.1, 0.15) is 5.82 Å². The van der Waals surface area contributed by atoms with Gasteiger partial charge < -0.3 is 10.2 Å². The summed E-state index contributed by atoms with van der Waals surface area (Å²) in [7, 11) is 1.53. The number of nitrogens with one attached hydrogen (secondary N) is 1. The highest BCUT2D eigenvalue weighted by atomic mass is 19.1. The second-order valence-electron chi connectivity index (χ2n) is 3.75. The first-order valence-corrected chi connectivity index (χ1v) is 5.46. The van der Waals surface area contributed by atoms with Gasteiger partial charge in [0.05, 0.1) is 6.54 Å². The van der Waals surface area contributed by atoms with Crippen LogP contribution in [0, 0.1) is 5.82 Å². The molecule has 1 rings (SSSR count). The molecule has 0 aliphatic carbocycles. The third-order valence-corrected chi connectivity index (χ3v) is 2.19. The van der Waals surface area contributed by atoms with Gasteiger partial charge in [0.2, 0.25) is 11.8 Å². The highest BCUT2D eigenvalue weighted by Gasteiger charge is 2.10.